The molecule has 0 aromatic carbocycles. The van der Waals surface area contributed by atoms with E-state index in [1.807, 2.05) is 13.8 Å². The Balaban J connectivity index is 2.29. The number of piperazine rings is 1. The Labute approximate surface area is 95.1 Å². The van der Waals surface area contributed by atoms with E-state index in [2.05, 4.69) is 15.5 Å². The number of hydrogen-bond acceptors (Lipinski definition) is 4. The Morgan fingerprint density at radius 1 is 1.50 bits per heavy atom. The lowest BCUT2D eigenvalue weighted by atomic mass is 10.2. The summed E-state index contributed by atoms with van der Waals surface area (Å²) in [6.07, 6.45) is 1.45. The Morgan fingerprint density at radius 3 is 2.88 bits per heavy atom. The van der Waals surface area contributed by atoms with Crippen LogP contribution in [-0.2, 0) is 10.0 Å². The lowest BCUT2D eigenvalue weighted by molar-refractivity contribution is 0.244. The summed E-state index contributed by atoms with van der Waals surface area (Å²) in [5, 5.41) is 9.60. The zero-order valence-electron chi connectivity index (χ0n) is 9.34. The molecule has 1 aromatic rings. The third-order valence-electron chi connectivity index (χ3n) is 2.77. The molecule has 0 aliphatic carbocycles. The molecule has 7 heteroatoms. The average molecular weight is 244 g/mol. The van der Waals surface area contributed by atoms with Gasteiger partial charge in [0.15, 0.2) is 5.03 Å². The monoisotopic (exact) mass is 244 g/mol. The highest BCUT2D eigenvalue weighted by molar-refractivity contribution is 7.89. The molecule has 0 radical (unpaired) electrons. The van der Waals surface area contributed by atoms with E-state index in [9.17, 15) is 8.42 Å². The number of H-pyrrole nitrogens is 1. The first-order chi connectivity index (χ1) is 7.51. The van der Waals surface area contributed by atoms with Crippen molar-refractivity contribution in [1.29, 1.82) is 0 Å². The van der Waals surface area contributed by atoms with Crippen molar-refractivity contribution in [1.82, 2.24) is 19.8 Å². The second kappa shape index (κ2) is 4.15. The summed E-state index contributed by atoms with van der Waals surface area (Å²) < 4.78 is 26.0. The van der Waals surface area contributed by atoms with Crippen LogP contribution in [0.25, 0.3) is 0 Å². The van der Waals surface area contributed by atoms with Crippen LogP contribution in [0.15, 0.2) is 17.3 Å². The Morgan fingerprint density at radius 2 is 2.25 bits per heavy atom. The van der Waals surface area contributed by atoms with E-state index in [0.717, 1.165) is 0 Å². The predicted octanol–water partition coefficient (Wildman–Crippen LogP) is -0.219. The first kappa shape index (κ1) is 11.6. The largest absolute Gasteiger partial charge is 0.311 e. The maximum atomic E-state index is 12.2. The molecule has 16 heavy (non-hydrogen) atoms. The molecule has 2 rings (SSSR count). The van der Waals surface area contributed by atoms with Gasteiger partial charge in [-0.25, -0.2) is 8.42 Å². The second-order valence-corrected chi connectivity index (χ2v) is 6.01. The summed E-state index contributed by atoms with van der Waals surface area (Å²) in [5.41, 5.74) is 0. The van der Waals surface area contributed by atoms with Crippen molar-refractivity contribution >= 4 is 10.0 Å². The van der Waals surface area contributed by atoms with E-state index in [1.54, 1.807) is 0 Å². The molecule has 2 heterocycles. The molecule has 0 spiro atoms. The first-order valence-electron chi connectivity index (χ1n) is 5.26. The van der Waals surface area contributed by atoms with Crippen LogP contribution in [0.5, 0.6) is 0 Å². The number of aromatic amines is 1. The number of rotatable bonds is 2. The molecular weight excluding hydrogens is 228 g/mol. The van der Waals surface area contributed by atoms with Gasteiger partial charge >= 0.3 is 0 Å². The standard InChI is InChI=1S/C9H16N4O2S/c1-7-6-13(8(2)5-10-7)16(14,15)9-3-4-11-12-9/h3-4,7-8,10H,5-6H2,1-2H3,(H,11,12). The van der Waals surface area contributed by atoms with Crippen molar-refractivity contribution in [3.63, 3.8) is 0 Å². The molecule has 1 saturated heterocycles. The second-order valence-electron chi connectivity index (χ2n) is 4.15. The van der Waals surface area contributed by atoms with Gasteiger partial charge in [-0.2, -0.15) is 9.40 Å². The molecule has 0 amide bonds. The van der Waals surface area contributed by atoms with Gasteiger partial charge in [0, 0.05) is 25.2 Å². The highest BCUT2D eigenvalue weighted by Crippen LogP contribution is 2.18. The zero-order chi connectivity index (χ0) is 11.8. The fraction of sp³-hybridized carbons (Fsp3) is 0.667. The molecule has 1 aliphatic rings. The molecule has 0 saturated carbocycles. The number of hydrogen-bond donors (Lipinski definition) is 2. The fourth-order valence-corrected chi connectivity index (χ4v) is 3.46. The van der Waals surface area contributed by atoms with E-state index < -0.39 is 10.0 Å². The first-order valence-corrected chi connectivity index (χ1v) is 6.70. The Hall–Kier alpha value is -0.920. The van der Waals surface area contributed by atoms with E-state index in [0.29, 0.717) is 13.1 Å². The number of nitrogens with zero attached hydrogens (tertiary/aromatic N) is 2. The van der Waals surface area contributed by atoms with Crippen molar-refractivity contribution in [2.24, 2.45) is 0 Å². The normalized spacial score (nSPS) is 28.1. The van der Waals surface area contributed by atoms with Gasteiger partial charge in [-0.1, -0.05) is 0 Å². The van der Waals surface area contributed by atoms with Crippen molar-refractivity contribution in [2.75, 3.05) is 13.1 Å². The lowest BCUT2D eigenvalue weighted by Crippen LogP contribution is -2.56. The van der Waals surface area contributed by atoms with Gasteiger partial charge in [0.1, 0.15) is 0 Å². The van der Waals surface area contributed by atoms with Gasteiger partial charge < -0.3 is 5.32 Å². The molecule has 2 N–H and O–H groups in total. The van der Waals surface area contributed by atoms with Gasteiger partial charge in [-0.15, -0.1) is 0 Å². The van der Waals surface area contributed by atoms with Gasteiger partial charge in [0.05, 0.1) is 6.20 Å². The number of sulfonamides is 1. The van der Waals surface area contributed by atoms with Crippen LogP contribution in [0.3, 0.4) is 0 Å². The van der Waals surface area contributed by atoms with Gasteiger partial charge in [-0.3, -0.25) is 5.10 Å². The molecule has 90 valence electrons. The molecule has 6 nitrogen and oxygen atoms in total. The number of nitrogens with one attached hydrogen (secondary N) is 2. The van der Waals surface area contributed by atoms with Crippen LogP contribution in [0, 0.1) is 0 Å². The smallest absolute Gasteiger partial charge is 0.260 e. The Bertz CT molecular complexity index is 442. The SMILES string of the molecule is CC1CN(S(=O)(=O)c2ccn[nH]2)C(C)CN1. The van der Waals surface area contributed by atoms with Crippen LogP contribution < -0.4 is 5.32 Å². The summed E-state index contributed by atoms with van der Waals surface area (Å²) in [7, 11) is -3.43. The van der Waals surface area contributed by atoms with Crippen LogP contribution >= 0.6 is 0 Å². The minimum atomic E-state index is -3.43. The van der Waals surface area contributed by atoms with Gasteiger partial charge in [-0.05, 0) is 19.9 Å². The summed E-state index contributed by atoms with van der Waals surface area (Å²) >= 11 is 0. The molecule has 1 aromatic heterocycles. The van der Waals surface area contributed by atoms with E-state index in [-0.39, 0.29) is 17.1 Å². The average Bonchev–Trinajstić information content (AvgIpc) is 2.75. The lowest BCUT2D eigenvalue weighted by Gasteiger charge is -2.35. The summed E-state index contributed by atoms with van der Waals surface area (Å²) in [6, 6.07) is 1.62. The fourth-order valence-electron chi connectivity index (χ4n) is 1.84. The van der Waals surface area contributed by atoms with Crippen molar-refractivity contribution in [2.45, 2.75) is 31.0 Å². The zero-order valence-corrected chi connectivity index (χ0v) is 10.2. The van der Waals surface area contributed by atoms with E-state index >= 15 is 0 Å². The topological polar surface area (TPSA) is 78.1 Å². The van der Waals surface area contributed by atoms with Crippen molar-refractivity contribution in [3.05, 3.63) is 12.3 Å². The van der Waals surface area contributed by atoms with Crippen LogP contribution in [0.1, 0.15) is 13.8 Å². The molecule has 1 aliphatic heterocycles. The van der Waals surface area contributed by atoms with E-state index in [4.69, 9.17) is 0 Å². The van der Waals surface area contributed by atoms with Crippen molar-refractivity contribution < 1.29 is 8.42 Å². The summed E-state index contributed by atoms with van der Waals surface area (Å²) in [4.78, 5) is 0. The van der Waals surface area contributed by atoms with Crippen LogP contribution in [-0.4, -0.2) is 48.1 Å². The van der Waals surface area contributed by atoms with Gasteiger partial charge in [0.25, 0.3) is 10.0 Å². The summed E-state index contributed by atoms with van der Waals surface area (Å²) in [5.74, 6) is 0. The maximum absolute atomic E-state index is 12.2. The summed E-state index contributed by atoms with van der Waals surface area (Å²) in [6.45, 7) is 5.03. The third-order valence-corrected chi connectivity index (χ3v) is 4.68. The predicted molar refractivity (Wildman–Crippen MR) is 59.4 cm³/mol. The minimum absolute atomic E-state index is 0.0375. The Kier molecular flexibility index (Phi) is 3.00. The highest BCUT2D eigenvalue weighted by atomic mass is 32.2. The third kappa shape index (κ3) is 1.98. The molecule has 1 fully saturated rings. The quantitative estimate of drug-likeness (QED) is 0.754. The van der Waals surface area contributed by atoms with E-state index in [1.165, 1.54) is 16.6 Å². The molecule has 2 atom stereocenters. The van der Waals surface area contributed by atoms with Crippen LogP contribution in [0.4, 0.5) is 0 Å². The maximum Gasteiger partial charge on any atom is 0.260 e. The van der Waals surface area contributed by atoms with Crippen LogP contribution in [0.2, 0.25) is 0 Å². The molecule has 2 unspecified atom stereocenters. The highest BCUT2D eigenvalue weighted by Gasteiger charge is 2.33. The molecular formula is C9H16N4O2S. The van der Waals surface area contributed by atoms with Gasteiger partial charge in [0.2, 0.25) is 0 Å². The molecule has 0 bridgehead atoms. The minimum Gasteiger partial charge on any atom is -0.311 e. The number of aromatic nitrogens is 2. The van der Waals surface area contributed by atoms with Crippen molar-refractivity contribution in [3.8, 4) is 0 Å².